The molecular weight excluding hydrogens is 278 g/mol. The summed E-state index contributed by atoms with van der Waals surface area (Å²) in [4.78, 5) is 13.4. The number of ketones is 1. The van der Waals surface area contributed by atoms with Gasteiger partial charge in [-0.2, -0.15) is 0 Å². The zero-order chi connectivity index (χ0) is 12.8. The summed E-state index contributed by atoms with van der Waals surface area (Å²) in [5.74, 6) is 0.449. The molecule has 1 aromatic rings. The molecule has 1 rings (SSSR count). The van der Waals surface area contributed by atoms with Crippen LogP contribution in [0.5, 0.6) is 0 Å². The van der Waals surface area contributed by atoms with Crippen molar-refractivity contribution in [2.75, 3.05) is 13.6 Å². The van der Waals surface area contributed by atoms with Crippen LogP contribution in [-0.2, 0) is 11.3 Å². The third-order valence-corrected chi connectivity index (χ3v) is 3.53. The molecule has 17 heavy (non-hydrogen) atoms. The Balaban J connectivity index is 2.36. The second-order valence-corrected chi connectivity index (χ2v) is 5.58. The van der Waals surface area contributed by atoms with E-state index in [1.807, 2.05) is 6.92 Å². The van der Waals surface area contributed by atoms with Gasteiger partial charge in [-0.25, -0.2) is 0 Å². The molecule has 0 aromatic heterocycles. The Morgan fingerprint density at radius 3 is 2.47 bits per heavy atom. The Bertz CT molecular complexity index is 361. The van der Waals surface area contributed by atoms with Gasteiger partial charge in [0.25, 0.3) is 0 Å². The molecule has 0 saturated carbocycles. The normalized spacial score (nSPS) is 12.8. The lowest BCUT2D eigenvalue weighted by molar-refractivity contribution is -0.120. The SMILES string of the molecule is CC(=O)C(C)CCN(C)Cc1ccc(Br)cc1. The first kappa shape index (κ1) is 14.4. The van der Waals surface area contributed by atoms with Crippen molar-refractivity contribution in [3.63, 3.8) is 0 Å². The zero-order valence-corrected chi connectivity index (χ0v) is 12.3. The molecule has 0 aliphatic heterocycles. The maximum absolute atomic E-state index is 11.1. The van der Waals surface area contributed by atoms with Gasteiger partial charge in [0.15, 0.2) is 0 Å². The molecule has 3 heteroatoms. The van der Waals surface area contributed by atoms with Gasteiger partial charge in [0.2, 0.25) is 0 Å². The molecule has 0 heterocycles. The summed E-state index contributed by atoms with van der Waals surface area (Å²) in [6.45, 7) is 5.55. The molecule has 1 unspecified atom stereocenters. The summed E-state index contributed by atoms with van der Waals surface area (Å²) in [7, 11) is 2.09. The minimum absolute atomic E-state index is 0.169. The molecule has 0 aliphatic carbocycles. The highest BCUT2D eigenvalue weighted by molar-refractivity contribution is 9.10. The Labute approximate surface area is 112 Å². The lowest BCUT2D eigenvalue weighted by atomic mass is 10.0. The first-order chi connectivity index (χ1) is 7.99. The van der Waals surface area contributed by atoms with E-state index in [0.29, 0.717) is 0 Å². The fraction of sp³-hybridized carbons (Fsp3) is 0.500. The van der Waals surface area contributed by atoms with Crippen molar-refractivity contribution in [3.8, 4) is 0 Å². The van der Waals surface area contributed by atoms with Gasteiger partial charge in [0, 0.05) is 16.9 Å². The number of nitrogens with zero attached hydrogens (tertiary/aromatic N) is 1. The third kappa shape index (κ3) is 5.46. The van der Waals surface area contributed by atoms with Crippen molar-refractivity contribution in [2.24, 2.45) is 5.92 Å². The first-order valence-electron chi connectivity index (χ1n) is 5.92. The van der Waals surface area contributed by atoms with E-state index in [4.69, 9.17) is 0 Å². The zero-order valence-electron chi connectivity index (χ0n) is 10.7. The van der Waals surface area contributed by atoms with Crippen LogP contribution in [-0.4, -0.2) is 24.3 Å². The highest BCUT2D eigenvalue weighted by Crippen LogP contribution is 2.12. The highest BCUT2D eigenvalue weighted by atomic mass is 79.9. The summed E-state index contributed by atoms with van der Waals surface area (Å²) in [6.07, 6.45) is 0.933. The number of Topliss-reactive ketones (excluding diaryl/α,β-unsaturated/α-hetero) is 1. The molecule has 0 amide bonds. The van der Waals surface area contributed by atoms with Gasteiger partial charge < -0.3 is 4.90 Å². The highest BCUT2D eigenvalue weighted by Gasteiger charge is 2.08. The molecule has 0 bridgehead atoms. The number of hydrogen-bond acceptors (Lipinski definition) is 2. The number of carbonyl (C=O) groups is 1. The van der Waals surface area contributed by atoms with Gasteiger partial charge in [0.1, 0.15) is 5.78 Å². The average molecular weight is 298 g/mol. The van der Waals surface area contributed by atoms with Crippen LogP contribution in [0.1, 0.15) is 25.8 Å². The Kier molecular flexibility index (Phi) is 5.86. The van der Waals surface area contributed by atoms with Crippen molar-refractivity contribution in [2.45, 2.75) is 26.8 Å². The Hall–Kier alpha value is -0.670. The summed E-state index contributed by atoms with van der Waals surface area (Å²) >= 11 is 3.43. The summed E-state index contributed by atoms with van der Waals surface area (Å²) in [6, 6.07) is 8.35. The van der Waals surface area contributed by atoms with Crippen molar-refractivity contribution >= 4 is 21.7 Å². The van der Waals surface area contributed by atoms with E-state index >= 15 is 0 Å². The molecule has 2 nitrogen and oxygen atoms in total. The van der Waals surface area contributed by atoms with Crippen LogP contribution < -0.4 is 0 Å². The van der Waals surface area contributed by atoms with Crippen LogP contribution in [0.25, 0.3) is 0 Å². The second-order valence-electron chi connectivity index (χ2n) is 4.66. The molecule has 0 saturated heterocycles. The monoisotopic (exact) mass is 297 g/mol. The summed E-state index contributed by atoms with van der Waals surface area (Å²) in [5, 5.41) is 0. The van der Waals surface area contributed by atoms with Crippen LogP contribution in [0.2, 0.25) is 0 Å². The van der Waals surface area contributed by atoms with E-state index in [2.05, 4.69) is 52.1 Å². The summed E-state index contributed by atoms with van der Waals surface area (Å²) in [5.41, 5.74) is 1.30. The fourth-order valence-electron chi connectivity index (χ4n) is 1.60. The molecule has 0 radical (unpaired) electrons. The molecule has 94 valence electrons. The molecule has 1 aromatic carbocycles. The lowest BCUT2D eigenvalue weighted by Gasteiger charge is -2.18. The van der Waals surface area contributed by atoms with E-state index in [1.54, 1.807) is 6.92 Å². The van der Waals surface area contributed by atoms with Gasteiger partial charge in [-0.05, 0) is 44.6 Å². The van der Waals surface area contributed by atoms with Crippen LogP contribution >= 0.6 is 15.9 Å². The quantitative estimate of drug-likeness (QED) is 0.801. The molecule has 0 spiro atoms. The Morgan fingerprint density at radius 1 is 1.35 bits per heavy atom. The predicted molar refractivity (Wildman–Crippen MR) is 74.9 cm³/mol. The van der Waals surface area contributed by atoms with E-state index in [1.165, 1.54) is 5.56 Å². The number of carbonyl (C=O) groups excluding carboxylic acids is 1. The van der Waals surface area contributed by atoms with Crippen molar-refractivity contribution in [3.05, 3.63) is 34.3 Å². The van der Waals surface area contributed by atoms with Crippen LogP contribution in [0, 0.1) is 5.92 Å². The van der Waals surface area contributed by atoms with Gasteiger partial charge in [-0.15, -0.1) is 0 Å². The predicted octanol–water partition coefficient (Wildman–Crippen LogP) is 3.50. The smallest absolute Gasteiger partial charge is 0.132 e. The number of benzene rings is 1. The van der Waals surface area contributed by atoms with Crippen LogP contribution in [0.15, 0.2) is 28.7 Å². The summed E-state index contributed by atoms with van der Waals surface area (Å²) < 4.78 is 1.11. The number of hydrogen-bond donors (Lipinski definition) is 0. The minimum atomic E-state index is 0.169. The largest absolute Gasteiger partial charge is 0.302 e. The fourth-order valence-corrected chi connectivity index (χ4v) is 1.86. The second kappa shape index (κ2) is 6.92. The first-order valence-corrected chi connectivity index (χ1v) is 6.71. The third-order valence-electron chi connectivity index (χ3n) is 3.00. The minimum Gasteiger partial charge on any atom is -0.302 e. The maximum atomic E-state index is 11.1. The molecule has 0 aliphatic rings. The molecule has 0 fully saturated rings. The van der Waals surface area contributed by atoms with E-state index in [0.717, 1.165) is 24.0 Å². The molecular formula is C14H20BrNO. The van der Waals surface area contributed by atoms with Gasteiger partial charge >= 0.3 is 0 Å². The maximum Gasteiger partial charge on any atom is 0.132 e. The van der Waals surface area contributed by atoms with Gasteiger partial charge in [-0.3, -0.25) is 4.79 Å². The molecule has 0 N–H and O–H groups in total. The van der Waals surface area contributed by atoms with Crippen LogP contribution in [0.4, 0.5) is 0 Å². The van der Waals surface area contributed by atoms with E-state index in [9.17, 15) is 4.79 Å². The van der Waals surface area contributed by atoms with E-state index in [-0.39, 0.29) is 11.7 Å². The van der Waals surface area contributed by atoms with Gasteiger partial charge in [-0.1, -0.05) is 35.0 Å². The van der Waals surface area contributed by atoms with Crippen molar-refractivity contribution < 1.29 is 4.79 Å². The molecule has 1 atom stereocenters. The van der Waals surface area contributed by atoms with Crippen LogP contribution in [0.3, 0.4) is 0 Å². The van der Waals surface area contributed by atoms with E-state index < -0.39 is 0 Å². The number of halogens is 1. The average Bonchev–Trinajstić information content (AvgIpc) is 2.29. The standard InChI is InChI=1S/C14H20BrNO/c1-11(12(2)17)8-9-16(3)10-13-4-6-14(15)7-5-13/h4-7,11H,8-10H2,1-3H3. The Morgan fingerprint density at radius 2 is 1.94 bits per heavy atom. The topological polar surface area (TPSA) is 20.3 Å². The van der Waals surface area contributed by atoms with Crippen molar-refractivity contribution in [1.82, 2.24) is 4.90 Å². The van der Waals surface area contributed by atoms with Crippen molar-refractivity contribution in [1.29, 1.82) is 0 Å². The number of rotatable bonds is 6. The lowest BCUT2D eigenvalue weighted by Crippen LogP contribution is -2.22. The van der Waals surface area contributed by atoms with Gasteiger partial charge in [0.05, 0.1) is 0 Å².